The van der Waals surface area contributed by atoms with Crippen LogP contribution in [0.15, 0.2) is 36.9 Å². The monoisotopic (exact) mass is 342 g/mol. The van der Waals surface area contributed by atoms with Gasteiger partial charge in [-0.15, -0.1) is 0 Å². The predicted octanol–water partition coefficient (Wildman–Crippen LogP) is 3.09. The van der Waals surface area contributed by atoms with Crippen LogP contribution >= 0.6 is 0 Å². The number of aromatic nitrogens is 3. The maximum absolute atomic E-state index is 14.5. The molecule has 0 unspecified atom stereocenters. The maximum atomic E-state index is 14.5. The first-order chi connectivity index (χ1) is 12.2. The minimum Gasteiger partial charge on any atom is -0.340 e. The van der Waals surface area contributed by atoms with Crippen LogP contribution in [0.5, 0.6) is 0 Å². The van der Waals surface area contributed by atoms with Crippen LogP contribution in [0.2, 0.25) is 0 Å². The van der Waals surface area contributed by atoms with E-state index in [1.54, 1.807) is 18.5 Å². The van der Waals surface area contributed by atoms with Gasteiger partial charge in [-0.1, -0.05) is 31.0 Å². The Morgan fingerprint density at radius 2 is 2.00 bits per heavy atom. The van der Waals surface area contributed by atoms with E-state index in [2.05, 4.69) is 10.1 Å². The topological polar surface area (TPSA) is 51.0 Å². The Kier molecular flexibility index (Phi) is 4.27. The Hall–Kier alpha value is -2.24. The minimum atomic E-state index is -0.699. The molecule has 1 saturated carbocycles. The summed E-state index contributed by atoms with van der Waals surface area (Å²) >= 11 is 0. The second kappa shape index (κ2) is 6.58. The van der Waals surface area contributed by atoms with Crippen molar-refractivity contribution in [2.45, 2.75) is 50.0 Å². The molecule has 2 heterocycles. The van der Waals surface area contributed by atoms with E-state index in [0.717, 1.165) is 45.1 Å². The molecule has 6 heteroatoms. The van der Waals surface area contributed by atoms with Gasteiger partial charge in [0, 0.05) is 18.7 Å². The van der Waals surface area contributed by atoms with Gasteiger partial charge in [0.1, 0.15) is 18.5 Å². The van der Waals surface area contributed by atoms with Gasteiger partial charge in [-0.3, -0.25) is 4.79 Å². The van der Waals surface area contributed by atoms with Crippen molar-refractivity contribution in [2.75, 3.05) is 13.1 Å². The Balaban J connectivity index is 1.62. The molecule has 1 atom stereocenters. The molecule has 1 aliphatic carbocycles. The van der Waals surface area contributed by atoms with Crippen molar-refractivity contribution in [1.29, 1.82) is 0 Å². The smallest absolute Gasteiger partial charge is 0.233 e. The number of hydrogen-bond donors (Lipinski definition) is 0. The fourth-order valence-electron chi connectivity index (χ4n) is 4.49. The van der Waals surface area contributed by atoms with Gasteiger partial charge in [0.05, 0.1) is 11.5 Å². The molecule has 1 amide bonds. The highest BCUT2D eigenvalue weighted by Crippen LogP contribution is 2.44. The molecule has 0 bridgehead atoms. The molecule has 0 N–H and O–H groups in total. The lowest BCUT2D eigenvalue weighted by Gasteiger charge is -2.39. The molecular weight excluding hydrogens is 319 g/mol. The van der Waals surface area contributed by atoms with Crippen molar-refractivity contribution in [3.8, 4) is 0 Å². The fourth-order valence-corrected chi connectivity index (χ4v) is 4.49. The third-order valence-electron chi connectivity index (χ3n) is 5.75. The second-order valence-electron chi connectivity index (χ2n) is 7.19. The van der Waals surface area contributed by atoms with Gasteiger partial charge in [0.2, 0.25) is 5.91 Å². The number of benzene rings is 1. The third kappa shape index (κ3) is 2.83. The maximum Gasteiger partial charge on any atom is 0.233 e. The number of piperidine rings is 1. The first-order valence-electron chi connectivity index (χ1n) is 9.09. The number of halogens is 1. The van der Waals surface area contributed by atoms with Gasteiger partial charge >= 0.3 is 0 Å². The SMILES string of the molecule is O=C(N1CCC[C@@H](n2cncn2)C1)C1(c2ccccc2F)CCCC1. The zero-order chi connectivity index (χ0) is 17.3. The summed E-state index contributed by atoms with van der Waals surface area (Å²) in [5, 5.41) is 4.23. The van der Waals surface area contributed by atoms with E-state index in [1.807, 2.05) is 15.6 Å². The first kappa shape index (κ1) is 16.2. The van der Waals surface area contributed by atoms with Crippen molar-refractivity contribution in [2.24, 2.45) is 0 Å². The molecule has 1 saturated heterocycles. The lowest BCUT2D eigenvalue weighted by atomic mass is 9.76. The lowest BCUT2D eigenvalue weighted by molar-refractivity contribution is -0.139. The molecule has 2 aliphatic rings. The zero-order valence-electron chi connectivity index (χ0n) is 14.3. The molecule has 2 aromatic rings. The van der Waals surface area contributed by atoms with E-state index in [1.165, 1.54) is 12.4 Å². The molecule has 4 rings (SSSR count). The van der Waals surface area contributed by atoms with E-state index in [-0.39, 0.29) is 17.8 Å². The van der Waals surface area contributed by atoms with E-state index in [9.17, 15) is 9.18 Å². The van der Waals surface area contributed by atoms with Crippen LogP contribution < -0.4 is 0 Å². The lowest BCUT2D eigenvalue weighted by Crippen LogP contribution is -2.50. The molecule has 1 aromatic heterocycles. The Morgan fingerprint density at radius 3 is 2.72 bits per heavy atom. The number of nitrogens with zero attached hydrogens (tertiary/aromatic N) is 4. The molecule has 0 radical (unpaired) electrons. The average Bonchev–Trinajstić information content (AvgIpc) is 3.34. The van der Waals surface area contributed by atoms with Crippen LogP contribution in [0.4, 0.5) is 4.39 Å². The number of hydrogen-bond acceptors (Lipinski definition) is 3. The molecule has 5 nitrogen and oxygen atoms in total. The number of likely N-dealkylation sites (tertiary alicyclic amines) is 1. The molecule has 2 fully saturated rings. The summed E-state index contributed by atoms with van der Waals surface area (Å²) in [7, 11) is 0. The normalized spacial score (nSPS) is 22.9. The molecule has 132 valence electrons. The van der Waals surface area contributed by atoms with Crippen LogP contribution in [0.3, 0.4) is 0 Å². The zero-order valence-corrected chi connectivity index (χ0v) is 14.3. The summed E-state index contributed by atoms with van der Waals surface area (Å²) in [5.41, 5.74) is -0.129. The highest BCUT2D eigenvalue weighted by molar-refractivity contribution is 5.89. The fraction of sp³-hybridized carbons (Fsp3) is 0.526. The van der Waals surface area contributed by atoms with Gasteiger partial charge < -0.3 is 4.90 Å². The number of carbonyl (C=O) groups is 1. The summed E-state index contributed by atoms with van der Waals surface area (Å²) in [6.07, 6.45) is 8.57. The third-order valence-corrected chi connectivity index (χ3v) is 5.75. The predicted molar refractivity (Wildman–Crippen MR) is 91.4 cm³/mol. The first-order valence-corrected chi connectivity index (χ1v) is 9.09. The molecule has 1 aromatic carbocycles. The van der Waals surface area contributed by atoms with E-state index < -0.39 is 5.41 Å². The quantitative estimate of drug-likeness (QED) is 0.861. The summed E-state index contributed by atoms with van der Waals surface area (Å²) in [5.74, 6) is -0.178. The van der Waals surface area contributed by atoms with Crippen LogP contribution in [-0.4, -0.2) is 38.7 Å². The highest BCUT2D eigenvalue weighted by Gasteiger charge is 2.47. The standard InChI is InChI=1S/C19H23FN4O/c20-17-8-2-1-7-16(17)19(9-3-4-10-19)18(25)23-11-5-6-15(12-23)24-14-21-13-22-24/h1-2,7-8,13-15H,3-6,9-12H2/t15-/m1/s1. The largest absolute Gasteiger partial charge is 0.340 e. The highest BCUT2D eigenvalue weighted by atomic mass is 19.1. The molecular formula is C19H23FN4O. The number of carbonyl (C=O) groups excluding carboxylic acids is 1. The number of amides is 1. The van der Waals surface area contributed by atoms with Gasteiger partial charge in [-0.25, -0.2) is 14.1 Å². The van der Waals surface area contributed by atoms with Crippen molar-refractivity contribution >= 4 is 5.91 Å². The second-order valence-corrected chi connectivity index (χ2v) is 7.19. The van der Waals surface area contributed by atoms with Crippen molar-refractivity contribution in [1.82, 2.24) is 19.7 Å². The summed E-state index contributed by atoms with van der Waals surface area (Å²) < 4.78 is 16.4. The van der Waals surface area contributed by atoms with Crippen molar-refractivity contribution in [3.63, 3.8) is 0 Å². The number of rotatable bonds is 3. The molecule has 25 heavy (non-hydrogen) atoms. The van der Waals surface area contributed by atoms with Gasteiger partial charge in [-0.2, -0.15) is 5.10 Å². The van der Waals surface area contributed by atoms with Crippen LogP contribution in [0, 0.1) is 5.82 Å². The summed E-state index contributed by atoms with van der Waals surface area (Å²) in [6.45, 7) is 1.36. The average molecular weight is 342 g/mol. The van der Waals surface area contributed by atoms with E-state index in [0.29, 0.717) is 12.1 Å². The van der Waals surface area contributed by atoms with Crippen LogP contribution in [0.25, 0.3) is 0 Å². The van der Waals surface area contributed by atoms with Crippen LogP contribution in [-0.2, 0) is 10.2 Å². The van der Waals surface area contributed by atoms with Crippen LogP contribution in [0.1, 0.15) is 50.1 Å². The van der Waals surface area contributed by atoms with Gasteiger partial charge in [0.15, 0.2) is 0 Å². The van der Waals surface area contributed by atoms with Crippen molar-refractivity contribution in [3.05, 3.63) is 48.3 Å². The summed E-state index contributed by atoms with van der Waals surface area (Å²) in [4.78, 5) is 19.4. The summed E-state index contributed by atoms with van der Waals surface area (Å²) in [6, 6.07) is 6.93. The minimum absolute atomic E-state index is 0.0833. The Morgan fingerprint density at radius 1 is 1.20 bits per heavy atom. The van der Waals surface area contributed by atoms with Crippen molar-refractivity contribution < 1.29 is 9.18 Å². The van der Waals surface area contributed by atoms with Gasteiger partial charge in [-0.05, 0) is 31.7 Å². The van der Waals surface area contributed by atoms with E-state index >= 15 is 0 Å². The van der Waals surface area contributed by atoms with Gasteiger partial charge in [0.25, 0.3) is 0 Å². The molecule has 0 spiro atoms. The Bertz CT molecular complexity index is 740. The molecule has 1 aliphatic heterocycles. The Labute approximate surface area is 146 Å². The van der Waals surface area contributed by atoms with E-state index in [4.69, 9.17) is 0 Å².